The van der Waals surface area contributed by atoms with Crippen molar-refractivity contribution in [2.75, 3.05) is 12.4 Å². The number of ether oxygens (including phenoxy) is 1. The summed E-state index contributed by atoms with van der Waals surface area (Å²) in [6, 6.07) is 7.56. The maximum atomic E-state index is 14.6. The molecular formula is C19H19F2N3OS. The van der Waals surface area contributed by atoms with Crippen LogP contribution in [0.2, 0.25) is 0 Å². The van der Waals surface area contributed by atoms with Crippen molar-refractivity contribution in [3.63, 3.8) is 0 Å². The summed E-state index contributed by atoms with van der Waals surface area (Å²) >= 11 is 1.47. The number of nitrogens with zero attached hydrogens (tertiary/aromatic N) is 2. The average Bonchev–Trinajstić information content (AvgIpc) is 2.61. The first-order valence-corrected chi connectivity index (χ1v) is 9.44. The van der Waals surface area contributed by atoms with Crippen molar-refractivity contribution in [3.05, 3.63) is 65.0 Å². The molecule has 3 heterocycles. The molecule has 4 rings (SSSR count). The molecule has 1 fully saturated rings. The van der Waals surface area contributed by atoms with Gasteiger partial charge in [0, 0.05) is 35.2 Å². The van der Waals surface area contributed by atoms with Crippen LogP contribution in [0.25, 0.3) is 0 Å². The molecule has 7 heteroatoms. The van der Waals surface area contributed by atoms with Gasteiger partial charge in [0.05, 0.1) is 12.7 Å². The highest BCUT2D eigenvalue weighted by Gasteiger charge is 2.49. The van der Waals surface area contributed by atoms with Crippen LogP contribution in [0.1, 0.15) is 29.3 Å². The lowest BCUT2D eigenvalue weighted by Crippen LogP contribution is -2.48. The molecule has 0 bridgehead atoms. The normalized spacial score (nSPS) is 28.3. The number of pyridine rings is 1. The number of hydrogen-bond acceptors (Lipinski definition) is 5. The van der Waals surface area contributed by atoms with Gasteiger partial charge in [-0.3, -0.25) is 4.98 Å². The van der Waals surface area contributed by atoms with Crippen molar-refractivity contribution in [1.29, 1.82) is 0 Å². The molecule has 1 aromatic carbocycles. The number of amidine groups is 1. The first-order chi connectivity index (χ1) is 12.5. The largest absolute Gasteiger partial charge is 0.379 e. The monoisotopic (exact) mass is 375 g/mol. The Kier molecular flexibility index (Phi) is 4.44. The molecule has 2 aliphatic rings. The van der Waals surface area contributed by atoms with E-state index in [4.69, 9.17) is 10.5 Å². The minimum absolute atomic E-state index is 0.0342. The highest BCUT2D eigenvalue weighted by molar-refractivity contribution is 8.13. The number of nitrogens with two attached hydrogens (primary N) is 1. The summed E-state index contributed by atoms with van der Waals surface area (Å²) < 4.78 is 34.1. The van der Waals surface area contributed by atoms with Crippen molar-refractivity contribution in [1.82, 2.24) is 4.98 Å². The van der Waals surface area contributed by atoms with Crippen LogP contribution in [0.15, 0.2) is 41.5 Å². The summed E-state index contributed by atoms with van der Waals surface area (Å²) in [5.74, 6) is -0.466. The quantitative estimate of drug-likeness (QED) is 0.869. The van der Waals surface area contributed by atoms with Gasteiger partial charge in [-0.2, -0.15) is 0 Å². The number of thioether (sulfide) groups is 1. The van der Waals surface area contributed by atoms with Gasteiger partial charge in [0.1, 0.15) is 17.2 Å². The molecule has 2 aliphatic heterocycles. The summed E-state index contributed by atoms with van der Waals surface area (Å²) in [5, 5.41) is 0.409. The third kappa shape index (κ3) is 2.99. The molecule has 0 unspecified atom stereocenters. The van der Waals surface area contributed by atoms with Crippen LogP contribution in [0.3, 0.4) is 0 Å². The van der Waals surface area contributed by atoms with E-state index < -0.39 is 17.2 Å². The van der Waals surface area contributed by atoms with Gasteiger partial charge in [-0.05, 0) is 37.1 Å². The zero-order chi connectivity index (χ0) is 18.3. The van der Waals surface area contributed by atoms with E-state index in [9.17, 15) is 8.78 Å². The van der Waals surface area contributed by atoms with Crippen LogP contribution in [0, 0.1) is 24.5 Å². The summed E-state index contributed by atoms with van der Waals surface area (Å²) in [4.78, 5) is 8.82. The Balaban J connectivity index is 1.72. The second-order valence-electron chi connectivity index (χ2n) is 6.77. The smallest absolute Gasteiger partial charge is 0.154 e. The molecule has 4 nitrogen and oxygen atoms in total. The molecular weight excluding hydrogens is 356 g/mol. The fourth-order valence-corrected chi connectivity index (χ4v) is 4.82. The minimum atomic E-state index is -0.911. The fourth-order valence-electron chi connectivity index (χ4n) is 3.81. The number of aromatic nitrogens is 1. The van der Waals surface area contributed by atoms with E-state index in [1.807, 2.05) is 19.1 Å². The maximum absolute atomic E-state index is 14.6. The Morgan fingerprint density at radius 3 is 2.88 bits per heavy atom. The molecule has 0 radical (unpaired) electrons. The SMILES string of the molecule is Cc1cc([C@H]2C[C@H]3CSC(N)=N[C@@]3(c3ccc(F)cc3F)CO2)ccn1. The number of aliphatic imine (C=N–C) groups is 1. The number of hydrogen-bond donors (Lipinski definition) is 1. The van der Waals surface area contributed by atoms with E-state index in [2.05, 4.69) is 9.98 Å². The number of aryl methyl sites for hydroxylation is 1. The van der Waals surface area contributed by atoms with E-state index in [0.29, 0.717) is 17.2 Å². The van der Waals surface area contributed by atoms with Gasteiger partial charge in [0.15, 0.2) is 5.17 Å². The van der Waals surface area contributed by atoms with E-state index in [1.165, 1.54) is 23.9 Å². The zero-order valence-electron chi connectivity index (χ0n) is 14.3. The van der Waals surface area contributed by atoms with Crippen LogP contribution >= 0.6 is 11.8 Å². The lowest BCUT2D eigenvalue weighted by molar-refractivity contribution is -0.0588. The molecule has 1 aromatic heterocycles. The Morgan fingerprint density at radius 1 is 1.27 bits per heavy atom. The summed E-state index contributed by atoms with van der Waals surface area (Å²) in [6.07, 6.45) is 2.35. The van der Waals surface area contributed by atoms with E-state index >= 15 is 0 Å². The molecule has 2 N–H and O–H groups in total. The van der Waals surface area contributed by atoms with E-state index in [0.717, 1.165) is 23.1 Å². The molecule has 26 heavy (non-hydrogen) atoms. The van der Waals surface area contributed by atoms with Crippen LogP contribution in [0.5, 0.6) is 0 Å². The Labute approximate surface area is 154 Å². The van der Waals surface area contributed by atoms with E-state index in [-0.39, 0.29) is 18.6 Å². The molecule has 0 spiro atoms. The van der Waals surface area contributed by atoms with Crippen molar-refractivity contribution in [2.45, 2.75) is 25.0 Å². The molecule has 0 aliphatic carbocycles. The fraction of sp³-hybridized carbons (Fsp3) is 0.368. The van der Waals surface area contributed by atoms with Gasteiger partial charge in [0.2, 0.25) is 0 Å². The van der Waals surface area contributed by atoms with Crippen LogP contribution in [-0.2, 0) is 10.3 Å². The summed E-state index contributed by atoms with van der Waals surface area (Å²) in [5.41, 5.74) is 7.37. The third-order valence-electron chi connectivity index (χ3n) is 5.11. The van der Waals surface area contributed by atoms with Gasteiger partial charge in [-0.15, -0.1) is 0 Å². The Morgan fingerprint density at radius 2 is 2.12 bits per heavy atom. The Bertz CT molecular complexity index is 876. The minimum Gasteiger partial charge on any atom is -0.379 e. The van der Waals surface area contributed by atoms with Crippen LogP contribution in [0.4, 0.5) is 8.78 Å². The molecule has 3 atom stereocenters. The lowest BCUT2D eigenvalue weighted by Gasteiger charge is -2.46. The third-order valence-corrected chi connectivity index (χ3v) is 6.07. The van der Waals surface area contributed by atoms with Gasteiger partial charge in [-0.1, -0.05) is 17.8 Å². The lowest BCUT2D eigenvalue weighted by atomic mass is 9.74. The summed E-state index contributed by atoms with van der Waals surface area (Å²) in [7, 11) is 0. The van der Waals surface area contributed by atoms with Crippen LogP contribution in [-0.4, -0.2) is 22.5 Å². The highest BCUT2D eigenvalue weighted by Crippen LogP contribution is 2.49. The zero-order valence-corrected chi connectivity index (χ0v) is 15.1. The first-order valence-electron chi connectivity index (χ1n) is 8.46. The van der Waals surface area contributed by atoms with Gasteiger partial charge in [0.25, 0.3) is 0 Å². The average molecular weight is 375 g/mol. The van der Waals surface area contributed by atoms with Crippen molar-refractivity contribution in [3.8, 4) is 0 Å². The number of halogens is 2. The first kappa shape index (κ1) is 17.4. The molecule has 0 saturated carbocycles. The molecule has 1 saturated heterocycles. The predicted molar refractivity (Wildman–Crippen MR) is 97.9 cm³/mol. The number of benzene rings is 1. The summed E-state index contributed by atoms with van der Waals surface area (Å²) in [6.45, 7) is 2.14. The molecule has 136 valence electrons. The predicted octanol–water partition coefficient (Wildman–Crippen LogP) is 3.70. The van der Waals surface area contributed by atoms with Gasteiger partial charge < -0.3 is 10.5 Å². The maximum Gasteiger partial charge on any atom is 0.154 e. The number of rotatable bonds is 2. The Hall–Kier alpha value is -1.99. The van der Waals surface area contributed by atoms with Crippen LogP contribution < -0.4 is 5.73 Å². The standard InChI is InChI=1S/C19H19F2N3OS/c1-11-6-12(4-5-23-11)17-7-13-9-26-18(22)24-19(13,10-25-17)15-3-2-14(20)8-16(15)21/h2-6,8,13,17H,7,9-10H2,1H3,(H2,22,24)/t13-,17+,19-/m0/s1. The van der Waals surface area contributed by atoms with Crippen molar-refractivity contribution < 1.29 is 13.5 Å². The topological polar surface area (TPSA) is 60.5 Å². The van der Waals surface area contributed by atoms with Crippen molar-refractivity contribution >= 4 is 16.9 Å². The molecule has 0 amide bonds. The molecule has 2 aromatic rings. The van der Waals surface area contributed by atoms with E-state index in [1.54, 1.807) is 6.20 Å². The van der Waals surface area contributed by atoms with Gasteiger partial charge >= 0.3 is 0 Å². The number of fused-ring (bicyclic) bond motifs is 1. The highest BCUT2D eigenvalue weighted by atomic mass is 32.2. The second-order valence-corrected chi connectivity index (χ2v) is 7.81. The van der Waals surface area contributed by atoms with Crippen molar-refractivity contribution in [2.24, 2.45) is 16.6 Å². The second kappa shape index (κ2) is 6.63. The van der Waals surface area contributed by atoms with Gasteiger partial charge in [-0.25, -0.2) is 13.8 Å².